The zero-order valence-electron chi connectivity index (χ0n) is 16.3. The van der Waals surface area contributed by atoms with Gasteiger partial charge >= 0.3 is 0 Å². The molecule has 2 aromatic carbocycles. The zero-order valence-corrected chi connectivity index (χ0v) is 17.1. The molecule has 3 rings (SSSR count). The van der Waals surface area contributed by atoms with Gasteiger partial charge in [-0.3, -0.25) is 4.79 Å². The van der Waals surface area contributed by atoms with Crippen LogP contribution in [0.1, 0.15) is 33.5 Å². The minimum atomic E-state index is -0.330. The average molecular weight is 398 g/mol. The highest BCUT2D eigenvalue weighted by Crippen LogP contribution is 2.40. The van der Waals surface area contributed by atoms with Crippen molar-refractivity contribution in [1.82, 2.24) is 4.90 Å². The summed E-state index contributed by atoms with van der Waals surface area (Å²) >= 11 is 6.15. The lowest BCUT2D eigenvalue weighted by molar-refractivity contribution is 0.104. The minimum Gasteiger partial charge on any atom is -0.506 e. The molecule has 0 aromatic heterocycles. The Bertz CT molecular complexity index is 963. The van der Waals surface area contributed by atoms with Crippen molar-refractivity contribution in [2.75, 3.05) is 27.2 Å². The molecule has 0 atom stereocenters. The van der Waals surface area contributed by atoms with Gasteiger partial charge in [-0.2, -0.15) is 0 Å². The van der Waals surface area contributed by atoms with Gasteiger partial charge in [0.25, 0.3) is 0 Å². The second kappa shape index (κ2) is 8.63. The Balaban J connectivity index is 2.03. The summed E-state index contributed by atoms with van der Waals surface area (Å²) in [5.41, 5.74) is 3.58. The maximum absolute atomic E-state index is 12.9. The van der Waals surface area contributed by atoms with Crippen molar-refractivity contribution in [3.8, 4) is 11.5 Å². The van der Waals surface area contributed by atoms with Crippen molar-refractivity contribution in [1.29, 1.82) is 0 Å². The maximum Gasteiger partial charge on any atom is 0.193 e. The van der Waals surface area contributed by atoms with Crippen LogP contribution in [0.25, 0.3) is 11.6 Å². The number of aryl methyl sites for hydroxylation is 1. The van der Waals surface area contributed by atoms with Crippen LogP contribution in [-0.2, 0) is 0 Å². The third-order valence-corrected chi connectivity index (χ3v) is 5.33. The molecule has 0 saturated heterocycles. The zero-order chi connectivity index (χ0) is 20.3. The predicted octanol–water partition coefficient (Wildman–Crippen LogP) is 4.98. The van der Waals surface area contributed by atoms with Crippen LogP contribution in [0.3, 0.4) is 0 Å². The van der Waals surface area contributed by atoms with Crippen molar-refractivity contribution < 1.29 is 14.6 Å². The highest BCUT2D eigenvalue weighted by Gasteiger charge is 2.24. The van der Waals surface area contributed by atoms with Crippen LogP contribution >= 0.6 is 11.6 Å². The van der Waals surface area contributed by atoms with Crippen LogP contribution in [0.4, 0.5) is 0 Å². The normalized spacial score (nSPS) is 14.9. The van der Waals surface area contributed by atoms with E-state index in [4.69, 9.17) is 16.3 Å². The maximum atomic E-state index is 12.9. The number of hydrogen-bond donors (Lipinski definition) is 1. The summed E-state index contributed by atoms with van der Waals surface area (Å²) in [5.74, 6) is 0.00611. The van der Waals surface area contributed by atoms with Crippen molar-refractivity contribution in [2.24, 2.45) is 0 Å². The number of carbonyl (C=O) groups excluding carboxylic acids is 1. The number of aromatic hydroxyl groups is 1. The van der Waals surface area contributed by atoms with Crippen LogP contribution in [-0.4, -0.2) is 43.0 Å². The quantitative estimate of drug-likeness (QED) is 0.571. The van der Waals surface area contributed by atoms with Gasteiger partial charge < -0.3 is 14.7 Å². The number of allylic oxidation sites excluding steroid dienone is 1. The first kappa shape index (κ1) is 20.2. The molecule has 0 bridgehead atoms. The number of benzene rings is 2. The molecule has 28 heavy (non-hydrogen) atoms. The Hall–Kier alpha value is -2.56. The van der Waals surface area contributed by atoms with Gasteiger partial charge in [0.05, 0.1) is 7.11 Å². The summed E-state index contributed by atoms with van der Waals surface area (Å²) in [7, 11) is 3.56. The lowest BCUT2D eigenvalue weighted by Crippen LogP contribution is -2.24. The first-order valence-corrected chi connectivity index (χ1v) is 9.55. The van der Waals surface area contributed by atoms with E-state index in [-0.39, 0.29) is 17.1 Å². The van der Waals surface area contributed by atoms with E-state index in [2.05, 4.69) is 18.0 Å². The van der Waals surface area contributed by atoms with E-state index in [9.17, 15) is 9.90 Å². The van der Waals surface area contributed by atoms with Crippen molar-refractivity contribution in [3.63, 3.8) is 0 Å². The summed E-state index contributed by atoms with van der Waals surface area (Å²) in [5, 5.41) is 11.6. The van der Waals surface area contributed by atoms with Gasteiger partial charge in [-0.05, 0) is 61.4 Å². The number of likely N-dealkylation sites (N-methyl/N-ethyl adjacent to an activating group) is 1. The Labute approximate surface area is 170 Å². The monoisotopic (exact) mass is 397 g/mol. The highest BCUT2D eigenvalue weighted by atomic mass is 35.5. The molecule has 1 N–H and O–H groups in total. The van der Waals surface area contributed by atoms with E-state index in [0.29, 0.717) is 10.8 Å². The summed E-state index contributed by atoms with van der Waals surface area (Å²) in [6.07, 6.45) is 5.99. The molecule has 4 nitrogen and oxygen atoms in total. The van der Waals surface area contributed by atoms with Crippen molar-refractivity contribution in [2.45, 2.75) is 13.3 Å². The Morgan fingerprint density at radius 1 is 1.32 bits per heavy atom. The number of carbonyl (C=O) groups is 1. The number of ether oxygens (including phenoxy) is 1. The van der Waals surface area contributed by atoms with Gasteiger partial charge in [-0.1, -0.05) is 35.9 Å². The third kappa shape index (κ3) is 4.13. The topological polar surface area (TPSA) is 49.8 Å². The Morgan fingerprint density at radius 3 is 2.71 bits per heavy atom. The third-order valence-electron chi connectivity index (χ3n) is 4.98. The summed E-state index contributed by atoms with van der Waals surface area (Å²) in [6.45, 7) is 3.65. The van der Waals surface area contributed by atoms with Gasteiger partial charge in [0.15, 0.2) is 5.78 Å². The SMILES string of the molecule is COc1cc(C)c(C2=CCN(C)CC2)c(O)c1C(=O)/C=C/c1ccccc1Cl. The lowest BCUT2D eigenvalue weighted by Gasteiger charge is -2.24. The van der Waals surface area contributed by atoms with Gasteiger partial charge in [0.1, 0.15) is 17.1 Å². The molecule has 1 aliphatic rings. The standard InChI is InChI=1S/C23H24ClNO3/c1-15-14-20(28-3)22(19(26)9-8-16-6-4-5-7-18(16)24)23(27)21(15)17-10-12-25(2)13-11-17/h4-10,14,27H,11-13H2,1-3H3/b9-8+. The lowest BCUT2D eigenvalue weighted by atomic mass is 9.90. The Kier molecular flexibility index (Phi) is 6.22. The number of halogens is 1. The smallest absolute Gasteiger partial charge is 0.193 e. The number of rotatable bonds is 5. The molecule has 1 aliphatic heterocycles. The van der Waals surface area contributed by atoms with E-state index in [0.717, 1.165) is 41.8 Å². The van der Waals surface area contributed by atoms with Crippen molar-refractivity contribution >= 4 is 29.0 Å². The fourth-order valence-corrected chi connectivity index (χ4v) is 3.63. The molecule has 0 spiro atoms. The first-order valence-electron chi connectivity index (χ1n) is 9.17. The first-order chi connectivity index (χ1) is 13.4. The highest BCUT2D eigenvalue weighted by molar-refractivity contribution is 6.32. The molecular formula is C23H24ClNO3. The van der Waals surface area contributed by atoms with Crippen LogP contribution < -0.4 is 4.74 Å². The number of nitrogens with zero attached hydrogens (tertiary/aromatic N) is 1. The fourth-order valence-electron chi connectivity index (χ4n) is 3.43. The average Bonchev–Trinajstić information content (AvgIpc) is 2.68. The van der Waals surface area contributed by atoms with Crippen LogP contribution in [0.15, 0.2) is 42.5 Å². The number of phenolic OH excluding ortho intramolecular Hbond substituents is 1. The molecule has 5 heteroatoms. The van der Waals surface area contributed by atoms with E-state index in [1.165, 1.54) is 13.2 Å². The molecular weight excluding hydrogens is 374 g/mol. The largest absolute Gasteiger partial charge is 0.506 e. The number of methoxy groups -OCH3 is 1. The summed E-state index contributed by atoms with van der Waals surface area (Å²) < 4.78 is 5.39. The second-order valence-electron chi connectivity index (χ2n) is 6.96. The summed E-state index contributed by atoms with van der Waals surface area (Å²) in [4.78, 5) is 15.1. The van der Waals surface area contributed by atoms with Crippen molar-refractivity contribution in [3.05, 3.63) is 69.8 Å². The second-order valence-corrected chi connectivity index (χ2v) is 7.36. The molecule has 0 saturated carbocycles. The molecule has 1 heterocycles. The molecule has 0 amide bonds. The molecule has 0 aliphatic carbocycles. The molecule has 0 fully saturated rings. The van der Waals surface area contributed by atoms with E-state index >= 15 is 0 Å². The minimum absolute atomic E-state index is 0.0264. The summed E-state index contributed by atoms with van der Waals surface area (Å²) in [6, 6.07) is 9.08. The van der Waals surface area contributed by atoms with Gasteiger partial charge in [-0.15, -0.1) is 0 Å². The molecule has 0 radical (unpaired) electrons. The van der Waals surface area contributed by atoms with Gasteiger partial charge in [-0.25, -0.2) is 0 Å². The fraction of sp³-hybridized carbons (Fsp3) is 0.261. The van der Waals surface area contributed by atoms with Crippen LogP contribution in [0.2, 0.25) is 5.02 Å². The molecule has 146 valence electrons. The van der Waals surface area contributed by atoms with Crippen LogP contribution in [0.5, 0.6) is 11.5 Å². The van der Waals surface area contributed by atoms with Gasteiger partial charge in [0.2, 0.25) is 0 Å². The predicted molar refractivity (Wildman–Crippen MR) is 114 cm³/mol. The number of phenols is 1. The van der Waals surface area contributed by atoms with E-state index < -0.39 is 0 Å². The number of ketones is 1. The number of hydrogen-bond acceptors (Lipinski definition) is 4. The van der Waals surface area contributed by atoms with Gasteiger partial charge in [0, 0.05) is 23.7 Å². The van der Waals surface area contributed by atoms with E-state index in [1.807, 2.05) is 31.2 Å². The Morgan fingerprint density at radius 2 is 2.07 bits per heavy atom. The molecule has 0 unspecified atom stereocenters. The van der Waals surface area contributed by atoms with Crippen LogP contribution in [0, 0.1) is 6.92 Å². The van der Waals surface area contributed by atoms with E-state index in [1.54, 1.807) is 12.1 Å². The molecule has 2 aromatic rings.